The first-order valence-electron chi connectivity index (χ1n) is 9.22. The summed E-state index contributed by atoms with van der Waals surface area (Å²) in [6.45, 7) is 4.44. The number of hydrogen-bond donors (Lipinski definition) is 0. The lowest BCUT2D eigenvalue weighted by Crippen LogP contribution is -2.03. The van der Waals surface area contributed by atoms with Crippen LogP contribution in [0.5, 0.6) is 0 Å². The highest BCUT2D eigenvalue weighted by molar-refractivity contribution is 5.69. The molecule has 132 valence electrons. The van der Waals surface area contributed by atoms with Gasteiger partial charge in [-0.25, -0.2) is 0 Å². The van der Waals surface area contributed by atoms with Gasteiger partial charge in [0.2, 0.25) is 0 Å². The minimum Gasteiger partial charge on any atom is -0.469 e. The normalized spacial score (nSPS) is 13.3. The zero-order chi connectivity index (χ0) is 17.2. The number of ether oxygens (including phenoxy) is 1. The summed E-state index contributed by atoms with van der Waals surface area (Å²) in [6, 6.07) is 0. The molecule has 0 fully saturated rings. The van der Waals surface area contributed by atoms with E-state index in [0.29, 0.717) is 12.3 Å². The molecule has 1 atom stereocenters. The standard InChI is InChI=1S/C21H36O2/c1-4-5-6-7-8-9-10-11-12-13-14-15-16-17-20(2)18-19-21(22)23-3/h8-9,11-12,14-15,20H,4-7,10,13,16-19H2,1-3H3. The van der Waals surface area contributed by atoms with Crippen LogP contribution in [0.4, 0.5) is 0 Å². The second-order valence-corrected chi connectivity index (χ2v) is 6.18. The summed E-state index contributed by atoms with van der Waals surface area (Å²) < 4.78 is 4.66. The molecule has 0 rings (SSSR count). The summed E-state index contributed by atoms with van der Waals surface area (Å²) in [5.41, 5.74) is 0. The van der Waals surface area contributed by atoms with Crippen molar-refractivity contribution >= 4 is 5.97 Å². The fourth-order valence-corrected chi connectivity index (χ4v) is 2.28. The van der Waals surface area contributed by atoms with E-state index in [1.807, 2.05) is 0 Å². The number of rotatable bonds is 14. The van der Waals surface area contributed by atoms with E-state index in [2.05, 4.69) is 55.0 Å². The molecule has 0 spiro atoms. The molecule has 0 amide bonds. The van der Waals surface area contributed by atoms with Gasteiger partial charge >= 0.3 is 5.97 Å². The summed E-state index contributed by atoms with van der Waals surface area (Å²) in [7, 11) is 1.45. The number of methoxy groups -OCH3 is 1. The molecule has 2 heteroatoms. The van der Waals surface area contributed by atoms with Gasteiger partial charge in [-0.05, 0) is 50.9 Å². The molecule has 2 nitrogen and oxygen atoms in total. The Bertz CT molecular complexity index is 353. The number of carbonyl (C=O) groups excluding carboxylic acids is 1. The van der Waals surface area contributed by atoms with Crippen LogP contribution in [0.15, 0.2) is 36.5 Å². The van der Waals surface area contributed by atoms with Crippen LogP contribution in [-0.2, 0) is 9.53 Å². The second-order valence-electron chi connectivity index (χ2n) is 6.18. The molecular formula is C21H36O2. The molecule has 0 N–H and O–H groups in total. The molecule has 0 saturated heterocycles. The van der Waals surface area contributed by atoms with Crippen molar-refractivity contribution in [1.82, 2.24) is 0 Å². The Morgan fingerprint density at radius 2 is 1.52 bits per heavy atom. The average molecular weight is 321 g/mol. The molecule has 0 aromatic carbocycles. The maximum atomic E-state index is 11.1. The second kappa shape index (κ2) is 17.1. The number of esters is 1. The van der Waals surface area contributed by atoms with Crippen molar-refractivity contribution in [3.8, 4) is 0 Å². The molecule has 0 aliphatic carbocycles. The molecule has 0 aliphatic rings. The third-order valence-electron chi connectivity index (χ3n) is 3.91. The zero-order valence-corrected chi connectivity index (χ0v) is 15.4. The number of hydrogen-bond acceptors (Lipinski definition) is 2. The van der Waals surface area contributed by atoms with Crippen LogP contribution >= 0.6 is 0 Å². The van der Waals surface area contributed by atoms with Gasteiger partial charge in [0.1, 0.15) is 0 Å². The van der Waals surface area contributed by atoms with Crippen molar-refractivity contribution in [1.29, 1.82) is 0 Å². The lowest BCUT2D eigenvalue weighted by atomic mass is 10.00. The van der Waals surface area contributed by atoms with Crippen molar-refractivity contribution < 1.29 is 9.53 Å². The largest absolute Gasteiger partial charge is 0.469 e. The number of carbonyl (C=O) groups is 1. The van der Waals surface area contributed by atoms with Crippen molar-refractivity contribution in [3.63, 3.8) is 0 Å². The van der Waals surface area contributed by atoms with Crippen molar-refractivity contribution in [3.05, 3.63) is 36.5 Å². The van der Waals surface area contributed by atoms with Crippen molar-refractivity contribution in [2.45, 2.75) is 78.1 Å². The third kappa shape index (κ3) is 16.9. The first-order chi connectivity index (χ1) is 11.2. The molecule has 1 unspecified atom stereocenters. The lowest BCUT2D eigenvalue weighted by Gasteiger charge is -2.08. The topological polar surface area (TPSA) is 26.3 Å². The van der Waals surface area contributed by atoms with Crippen LogP contribution in [0.3, 0.4) is 0 Å². The molecule has 0 aromatic heterocycles. The molecule has 23 heavy (non-hydrogen) atoms. The summed E-state index contributed by atoms with van der Waals surface area (Å²) >= 11 is 0. The van der Waals surface area contributed by atoms with Crippen LogP contribution in [0, 0.1) is 5.92 Å². The Kier molecular flexibility index (Phi) is 16.1. The molecule has 0 bridgehead atoms. The maximum absolute atomic E-state index is 11.1. The highest BCUT2D eigenvalue weighted by atomic mass is 16.5. The quantitative estimate of drug-likeness (QED) is 0.211. The fraction of sp³-hybridized carbons (Fsp3) is 0.667. The Hall–Kier alpha value is -1.31. The van der Waals surface area contributed by atoms with Crippen LogP contribution in [-0.4, -0.2) is 13.1 Å². The van der Waals surface area contributed by atoms with Crippen LogP contribution in [0.1, 0.15) is 78.1 Å². The minimum absolute atomic E-state index is 0.100. The fourth-order valence-electron chi connectivity index (χ4n) is 2.28. The lowest BCUT2D eigenvalue weighted by molar-refractivity contribution is -0.140. The molecule has 0 heterocycles. The minimum atomic E-state index is -0.100. The molecule has 0 radical (unpaired) electrons. The maximum Gasteiger partial charge on any atom is 0.305 e. The van der Waals surface area contributed by atoms with Crippen molar-refractivity contribution in [2.75, 3.05) is 7.11 Å². The predicted molar refractivity (Wildman–Crippen MR) is 100 cm³/mol. The van der Waals surface area contributed by atoms with E-state index in [9.17, 15) is 4.79 Å². The van der Waals surface area contributed by atoms with Gasteiger partial charge in [-0.3, -0.25) is 4.79 Å². The Morgan fingerprint density at radius 3 is 2.13 bits per heavy atom. The summed E-state index contributed by atoms with van der Waals surface area (Å²) in [4.78, 5) is 11.1. The summed E-state index contributed by atoms with van der Waals surface area (Å²) in [5, 5.41) is 0. The van der Waals surface area contributed by atoms with Gasteiger partial charge in [0.25, 0.3) is 0 Å². The Morgan fingerprint density at radius 1 is 0.913 bits per heavy atom. The van der Waals surface area contributed by atoms with E-state index in [0.717, 1.165) is 32.1 Å². The molecule has 0 saturated carbocycles. The van der Waals surface area contributed by atoms with Gasteiger partial charge in [-0.1, -0.05) is 63.1 Å². The monoisotopic (exact) mass is 320 g/mol. The van der Waals surface area contributed by atoms with E-state index >= 15 is 0 Å². The van der Waals surface area contributed by atoms with E-state index < -0.39 is 0 Å². The first-order valence-corrected chi connectivity index (χ1v) is 9.22. The molecule has 0 aliphatic heterocycles. The van der Waals surface area contributed by atoms with E-state index in [-0.39, 0.29) is 5.97 Å². The number of allylic oxidation sites excluding steroid dienone is 6. The van der Waals surface area contributed by atoms with Crippen LogP contribution in [0.25, 0.3) is 0 Å². The smallest absolute Gasteiger partial charge is 0.305 e. The summed E-state index contributed by atoms with van der Waals surface area (Å²) in [5.74, 6) is 0.476. The summed E-state index contributed by atoms with van der Waals surface area (Å²) in [6.07, 6.45) is 24.4. The first kappa shape index (κ1) is 21.7. The van der Waals surface area contributed by atoms with Crippen LogP contribution < -0.4 is 0 Å². The highest BCUT2D eigenvalue weighted by Gasteiger charge is 2.05. The van der Waals surface area contributed by atoms with E-state index in [1.54, 1.807) is 0 Å². The Balaban J connectivity index is 3.49. The van der Waals surface area contributed by atoms with Gasteiger partial charge in [-0.15, -0.1) is 0 Å². The average Bonchev–Trinajstić information content (AvgIpc) is 2.56. The van der Waals surface area contributed by atoms with Gasteiger partial charge in [0, 0.05) is 6.42 Å². The van der Waals surface area contributed by atoms with Gasteiger partial charge < -0.3 is 4.74 Å². The van der Waals surface area contributed by atoms with Gasteiger partial charge in [-0.2, -0.15) is 0 Å². The van der Waals surface area contributed by atoms with Crippen LogP contribution in [0.2, 0.25) is 0 Å². The van der Waals surface area contributed by atoms with Gasteiger partial charge in [0.15, 0.2) is 0 Å². The zero-order valence-electron chi connectivity index (χ0n) is 15.4. The van der Waals surface area contributed by atoms with Crippen molar-refractivity contribution in [2.24, 2.45) is 5.92 Å². The SMILES string of the molecule is CCCCCC=CCC=CCC=CCCC(C)CCC(=O)OC. The third-order valence-corrected chi connectivity index (χ3v) is 3.91. The Labute approximate surface area is 143 Å². The predicted octanol–water partition coefficient (Wildman–Crippen LogP) is 6.39. The highest BCUT2D eigenvalue weighted by Crippen LogP contribution is 2.13. The number of unbranched alkanes of at least 4 members (excludes halogenated alkanes) is 3. The van der Waals surface area contributed by atoms with E-state index in [1.165, 1.54) is 32.8 Å². The van der Waals surface area contributed by atoms with Gasteiger partial charge in [0.05, 0.1) is 7.11 Å². The van der Waals surface area contributed by atoms with E-state index in [4.69, 9.17) is 0 Å². The molecule has 0 aromatic rings. The molecular weight excluding hydrogens is 284 g/mol.